The molecule has 3 N–H and O–H groups in total. The maximum atomic E-state index is 10.2. The smallest absolute Gasteiger partial charge is 0.142 e. The first-order chi connectivity index (χ1) is 10.2. The summed E-state index contributed by atoms with van der Waals surface area (Å²) in [5, 5.41) is 10.2. The monoisotopic (exact) mass is 290 g/mol. The van der Waals surface area contributed by atoms with Gasteiger partial charge in [-0.25, -0.2) is 0 Å². The van der Waals surface area contributed by atoms with Gasteiger partial charge in [0.25, 0.3) is 0 Å². The Hall–Kier alpha value is -1.26. The van der Waals surface area contributed by atoms with E-state index in [0.29, 0.717) is 24.6 Å². The molecule has 0 radical (unpaired) electrons. The van der Waals surface area contributed by atoms with Crippen LogP contribution in [0.25, 0.3) is 0 Å². The second-order valence-corrected chi connectivity index (χ2v) is 6.61. The van der Waals surface area contributed by atoms with Crippen LogP contribution in [0.4, 0.5) is 5.69 Å². The summed E-state index contributed by atoms with van der Waals surface area (Å²) in [6, 6.07) is 7.43. The number of ether oxygens (including phenoxy) is 1. The predicted molar refractivity (Wildman–Crippen MR) is 84.2 cm³/mol. The highest BCUT2D eigenvalue weighted by atomic mass is 16.5. The van der Waals surface area contributed by atoms with Crippen LogP contribution in [0, 0.1) is 11.8 Å². The first-order valence-electron chi connectivity index (χ1n) is 8.08. The maximum absolute atomic E-state index is 10.2. The number of aliphatic hydroxyl groups excluding tert-OH is 1. The first-order valence-corrected chi connectivity index (χ1v) is 8.08. The van der Waals surface area contributed by atoms with Crippen LogP contribution in [0.15, 0.2) is 24.3 Å². The van der Waals surface area contributed by atoms with Gasteiger partial charge in [-0.1, -0.05) is 12.1 Å². The van der Waals surface area contributed by atoms with Crippen LogP contribution in [-0.2, 0) is 0 Å². The van der Waals surface area contributed by atoms with E-state index in [1.165, 1.54) is 25.7 Å². The lowest BCUT2D eigenvalue weighted by Gasteiger charge is -2.25. The Morgan fingerprint density at radius 1 is 1.14 bits per heavy atom. The standard InChI is InChI=1S/C17H26N2O2/c18-16-3-1-2-4-17(16)21-12-15(20)11-19(9-13-5-6-13)10-14-7-8-14/h1-4,13-15,20H,5-12,18H2. The topological polar surface area (TPSA) is 58.7 Å². The number of nitrogen functional groups attached to an aromatic ring is 1. The molecule has 1 aromatic rings. The largest absolute Gasteiger partial charge is 0.489 e. The van der Waals surface area contributed by atoms with Crippen molar-refractivity contribution >= 4 is 5.69 Å². The molecule has 2 saturated carbocycles. The molecule has 0 spiro atoms. The summed E-state index contributed by atoms with van der Waals surface area (Å²) in [7, 11) is 0. The van der Waals surface area contributed by atoms with E-state index in [9.17, 15) is 5.11 Å². The van der Waals surface area contributed by atoms with Crippen molar-refractivity contribution < 1.29 is 9.84 Å². The third kappa shape index (κ3) is 4.90. The van der Waals surface area contributed by atoms with E-state index in [1.54, 1.807) is 0 Å². The van der Waals surface area contributed by atoms with E-state index in [-0.39, 0.29) is 0 Å². The van der Waals surface area contributed by atoms with Crippen LogP contribution in [-0.4, -0.2) is 42.4 Å². The number of rotatable bonds is 9. The Kier molecular flexibility index (Phi) is 4.66. The fourth-order valence-electron chi connectivity index (χ4n) is 2.70. The van der Waals surface area contributed by atoms with Crippen molar-refractivity contribution in [3.05, 3.63) is 24.3 Å². The van der Waals surface area contributed by atoms with Gasteiger partial charge in [-0.2, -0.15) is 0 Å². The maximum Gasteiger partial charge on any atom is 0.142 e. The average Bonchev–Trinajstić information content (AvgIpc) is 3.34. The molecule has 0 aliphatic heterocycles. The van der Waals surface area contributed by atoms with Crippen LogP contribution in [0.3, 0.4) is 0 Å². The molecule has 2 aliphatic rings. The number of benzene rings is 1. The minimum atomic E-state index is -0.456. The van der Waals surface area contributed by atoms with Crippen molar-refractivity contribution in [1.29, 1.82) is 0 Å². The molecule has 2 aliphatic carbocycles. The van der Waals surface area contributed by atoms with Gasteiger partial charge in [0.05, 0.1) is 5.69 Å². The Morgan fingerprint density at radius 2 is 1.76 bits per heavy atom. The van der Waals surface area contributed by atoms with Crippen LogP contribution in [0.5, 0.6) is 5.75 Å². The zero-order valence-electron chi connectivity index (χ0n) is 12.6. The number of aliphatic hydroxyl groups is 1. The van der Waals surface area contributed by atoms with Gasteiger partial charge in [0.2, 0.25) is 0 Å². The minimum absolute atomic E-state index is 0.306. The second-order valence-electron chi connectivity index (χ2n) is 6.61. The van der Waals surface area contributed by atoms with Gasteiger partial charge in [0, 0.05) is 19.6 Å². The van der Waals surface area contributed by atoms with Crippen molar-refractivity contribution in [3.8, 4) is 5.75 Å². The molecule has 0 heterocycles. The Labute approximate surface area is 126 Å². The fourth-order valence-corrected chi connectivity index (χ4v) is 2.70. The molecular weight excluding hydrogens is 264 g/mol. The molecule has 0 amide bonds. The number of para-hydroxylation sites is 2. The highest BCUT2D eigenvalue weighted by Crippen LogP contribution is 2.33. The number of hydrogen-bond donors (Lipinski definition) is 2. The first kappa shape index (κ1) is 14.7. The van der Waals surface area contributed by atoms with E-state index in [1.807, 2.05) is 24.3 Å². The molecule has 21 heavy (non-hydrogen) atoms. The van der Waals surface area contributed by atoms with Crippen molar-refractivity contribution in [1.82, 2.24) is 4.90 Å². The highest BCUT2D eigenvalue weighted by Gasteiger charge is 2.30. The third-order valence-corrected chi connectivity index (χ3v) is 4.25. The molecule has 2 fully saturated rings. The summed E-state index contributed by atoms with van der Waals surface area (Å²) < 4.78 is 5.64. The van der Waals surface area contributed by atoms with Gasteiger partial charge in [-0.05, 0) is 49.7 Å². The number of nitrogens with two attached hydrogens (primary N) is 1. The van der Waals surface area contributed by atoms with Crippen LogP contribution >= 0.6 is 0 Å². The van der Waals surface area contributed by atoms with Gasteiger partial charge < -0.3 is 20.5 Å². The van der Waals surface area contributed by atoms with Crippen LogP contribution in [0.2, 0.25) is 0 Å². The number of anilines is 1. The summed E-state index contributed by atoms with van der Waals surface area (Å²) >= 11 is 0. The summed E-state index contributed by atoms with van der Waals surface area (Å²) in [5.41, 5.74) is 6.46. The van der Waals surface area contributed by atoms with Gasteiger partial charge in [0.1, 0.15) is 18.5 Å². The zero-order valence-corrected chi connectivity index (χ0v) is 12.6. The quantitative estimate of drug-likeness (QED) is 0.684. The van der Waals surface area contributed by atoms with Crippen LogP contribution in [0.1, 0.15) is 25.7 Å². The molecule has 1 aromatic carbocycles. The SMILES string of the molecule is Nc1ccccc1OCC(O)CN(CC1CC1)CC1CC1. The van der Waals surface area contributed by atoms with Crippen molar-refractivity contribution in [2.24, 2.45) is 11.8 Å². The summed E-state index contributed by atoms with van der Waals surface area (Å²) in [5.74, 6) is 2.38. The summed E-state index contributed by atoms with van der Waals surface area (Å²) in [4.78, 5) is 2.43. The molecular formula is C17H26N2O2. The normalized spacial score (nSPS) is 19.7. The van der Waals surface area contributed by atoms with E-state index in [0.717, 1.165) is 24.9 Å². The molecule has 1 unspecified atom stereocenters. The summed E-state index contributed by atoms with van der Waals surface area (Å²) in [6.45, 7) is 3.29. The van der Waals surface area contributed by atoms with E-state index in [2.05, 4.69) is 4.90 Å². The second kappa shape index (κ2) is 6.67. The molecule has 3 rings (SSSR count). The lowest BCUT2D eigenvalue weighted by molar-refractivity contribution is 0.0652. The fraction of sp³-hybridized carbons (Fsp3) is 0.647. The van der Waals surface area contributed by atoms with E-state index >= 15 is 0 Å². The summed E-state index contributed by atoms with van der Waals surface area (Å²) in [6.07, 6.45) is 4.97. The Bertz CT molecular complexity index is 444. The van der Waals surface area contributed by atoms with E-state index < -0.39 is 6.10 Å². The molecule has 0 aromatic heterocycles. The van der Waals surface area contributed by atoms with Crippen molar-refractivity contribution in [2.45, 2.75) is 31.8 Å². The molecule has 0 saturated heterocycles. The van der Waals surface area contributed by atoms with Crippen molar-refractivity contribution in [2.75, 3.05) is 32.0 Å². The number of nitrogens with zero attached hydrogens (tertiary/aromatic N) is 1. The molecule has 116 valence electrons. The lowest BCUT2D eigenvalue weighted by Crippen LogP contribution is -2.38. The lowest BCUT2D eigenvalue weighted by atomic mass is 10.2. The van der Waals surface area contributed by atoms with Gasteiger partial charge in [-0.15, -0.1) is 0 Å². The van der Waals surface area contributed by atoms with Gasteiger partial charge in [0.15, 0.2) is 0 Å². The van der Waals surface area contributed by atoms with Gasteiger partial charge in [-0.3, -0.25) is 0 Å². The Balaban J connectivity index is 1.44. The Morgan fingerprint density at radius 3 is 2.33 bits per heavy atom. The van der Waals surface area contributed by atoms with Crippen molar-refractivity contribution in [3.63, 3.8) is 0 Å². The van der Waals surface area contributed by atoms with E-state index in [4.69, 9.17) is 10.5 Å². The average molecular weight is 290 g/mol. The molecule has 4 nitrogen and oxygen atoms in total. The van der Waals surface area contributed by atoms with Crippen LogP contribution < -0.4 is 10.5 Å². The third-order valence-electron chi connectivity index (χ3n) is 4.25. The number of hydrogen-bond acceptors (Lipinski definition) is 4. The zero-order chi connectivity index (χ0) is 14.7. The molecule has 4 heteroatoms. The highest BCUT2D eigenvalue weighted by molar-refractivity contribution is 5.51. The molecule has 1 atom stereocenters. The minimum Gasteiger partial charge on any atom is -0.489 e. The predicted octanol–water partition coefficient (Wildman–Crippen LogP) is 2.13. The molecule has 0 bridgehead atoms. The van der Waals surface area contributed by atoms with Gasteiger partial charge >= 0.3 is 0 Å².